The molecule has 3 aromatic carbocycles. The van der Waals surface area contributed by atoms with Gasteiger partial charge in [0, 0.05) is 6.26 Å². The van der Waals surface area contributed by atoms with Gasteiger partial charge in [0.25, 0.3) is 5.91 Å². The van der Waals surface area contributed by atoms with Crippen LogP contribution in [0.3, 0.4) is 0 Å². The molecule has 0 N–H and O–H groups in total. The predicted molar refractivity (Wildman–Crippen MR) is 126 cm³/mol. The Balaban J connectivity index is 1.88. The van der Waals surface area contributed by atoms with Gasteiger partial charge in [-0.25, -0.2) is 13.4 Å². The number of rotatable bonds is 5. The van der Waals surface area contributed by atoms with Gasteiger partial charge < -0.3 is 0 Å². The molecule has 5 nitrogen and oxygen atoms in total. The van der Waals surface area contributed by atoms with Crippen molar-refractivity contribution in [2.45, 2.75) is 25.3 Å². The maximum Gasteiger partial charge on any atom is 0.261 e. The molecule has 0 saturated heterocycles. The van der Waals surface area contributed by atoms with Crippen molar-refractivity contribution in [2.75, 3.05) is 11.2 Å². The molecule has 0 aliphatic carbocycles. The topological polar surface area (TPSA) is 67.3 Å². The Hall–Kier alpha value is -3.03. The summed E-state index contributed by atoms with van der Waals surface area (Å²) in [6, 6.07) is 20.0. The van der Waals surface area contributed by atoms with Crippen LogP contribution in [0, 0.1) is 13.8 Å². The van der Waals surface area contributed by atoms with Gasteiger partial charge in [-0.3, -0.25) is 9.69 Å². The minimum absolute atomic E-state index is 0.0199. The van der Waals surface area contributed by atoms with E-state index in [-0.39, 0.29) is 22.9 Å². The van der Waals surface area contributed by atoms with Gasteiger partial charge in [-0.05, 0) is 42.7 Å². The number of aromatic nitrogens is 1. The minimum Gasteiger partial charge on any atom is -0.279 e. The Bertz CT molecular complexity index is 1340. The largest absolute Gasteiger partial charge is 0.279 e. The molecule has 4 rings (SSSR count). The van der Waals surface area contributed by atoms with Crippen molar-refractivity contribution in [2.24, 2.45) is 0 Å². The molecular formula is C24H22N2O3S2. The molecule has 4 aromatic rings. The van der Waals surface area contributed by atoms with Gasteiger partial charge in [-0.1, -0.05) is 65.9 Å². The van der Waals surface area contributed by atoms with Crippen molar-refractivity contribution in [1.82, 2.24) is 4.98 Å². The summed E-state index contributed by atoms with van der Waals surface area (Å²) in [6.45, 7) is 4.30. The standard InChI is InChI=1S/C24H22N2O3S2/c1-16-13-14-17(2)22-21(16)25-24(30-22)26(15-18-9-5-4-6-10-18)23(27)19-11-7-8-12-20(19)31(3,28)29/h4-14H,15H2,1-3H3. The predicted octanol–water partition coefficient (Wildman–Crippen LogP) is 5.16. The molecule has 1 heterocycles. The number of anilines is 1. The van der Waals surface area contributed by atoms with Crippen LogP contribution in [0.15, 0.2) is 71.6 Å². The molecule has 0 radical (unpaired) electrons. The normalized spacial score (nSPS) is 11.6. The highest BCUT2D eigenvalue weighted by Crippen LogP contribution is 2.35. The third kappa shape index (κ3) is 4.24. The number of fused-ring (bicyclic) bond motifs is 1. The number of benzene rings is 3. The summed E-state index contributed by atoms with van der Waals surface area (Å²) in [5.41, 5.74) is 4.07. The Kier molecular flexibility index (Phi) is 5.64. The Morgan fingerprint density at radius 1 is 0.935 bits per heavy atom. The second-order valence-corrected chi connectivity index (χ2v) is 10.5. The minimum atomic E-state index is -3.57. The van der Waals surface area contributed by atoms with Crippen LogP contribution in [0.2, 0.25) is 0 Å². The smallest absolute Gasteiger partial charge is 0.261 e. The molecule has 0 bridgehead atoms. The average molecular weight is 451 g/mol. The van der Waals surface area contributed by atoms with E-state index in [1.54, 1.807) is 23.1 Å². The van der Waals surface area contributed by atoms with Gasteiger partial charge in [-0.2, -0.15) is 0 Å². The highest BCUT2D eigenvalue weighted by atomic mass is 32.2. The number of hydrogen-bond acceptors (Lipinski definition) is 5. The third-order valence-corrected chi connectivity index (χ3v) is 7.48. The zero-order valence-electron chi connectivity index (χ0n) is 17.5. The van der Waals surface area contributed by atoms with Crippen LogP contribution >= 0.6 is 11.3 Å². The van der Waals surface area contributed by atoms with E-state index in [4.69, 9.17) is 4.98 Å². The molecule has 158 valence electrons. The zero-order valence-corrected chi connectivity index (χ0v) is 19.1. The maximum absolute atomic E-state index is 13.7. The molecular weight excluding hydrogens is 428 g/mol. The van der Waals surface area contributed by atoms with Crippen LogP contribution < -0.4 is 4.90 Å². The molecule has 7 heteroatoms. The third-order valence-electron chi connectivity index (χ3n) is 5.11. The van der Waals surface area contributed by atoms with Crippen molar-refractivity contribution in [3.8, 4) is 0 Å². The first kappa shape index (κ1) is 21.2. The molecule has 0 spiro atoms. The number of nitrogens with zero attached hydrogens (tertiary/aromatic N) is 2. The van der Waals surface area contributed by atoms with Crippen LogP contribution in [0.5, 0.6) is 0 Å². The number of carbonyl (C=O) groups is 1. The van der Waals surface area contributed by atoms with Gasteiger partial charge in [0.15, 0.2) is 15.0 Å². The fourth-order valence-electron chi connectivity index (χ4n) is 3.47. The first-order chi connectivity index (χ1) is 14.8. The van der Waals surface area contributed by atoms with E-state index in [1.165, 1.54) is 17.4 Å². The fraction of sp³-hybridized carbons (Fsp3) is 0.167. The van der Waals surface area contributed by atoms with E-state index in [0.717, 1.165) is 33.2 Å². The second-order valence-electron chi connectivity index (χ2n) is 7.52. The molecule has 1 aromatic heterocycles. The van der Waals surface area contributed by atoms with Gasteiger partial charge in [0.1, 0.15) is 0 Å². The van der Waals surface area contributed by atoms with Crippen molar-refractivity contribution >= 4 is 42.4 Å². The Morgan fingerprint density at radius 3 is 2.26 bits per heavy atom. The number of carbonyl (C=O) groups excluding carboxylic acids is 1. The molecule has 1 amide bonds. The summed E-state index contributed by atoms with van der Waals surface area (Å²) in [5.74, 6) is -0.390. The maximum atomic E-state index is 13.7. The quantitative estimate of drug-likeness (QED) is 0.421. The summed E-state index contributed by atoms with van der Waals surface area (Å²) < 4.78 is 25.7. The number of thiazole rings is 1. The molecule has 0 atom stereocenters. The van der Waals surface area contributed by atoms with Gasteiger partial charge in [-0.15, -0.1) is 0 Å². The molecule has 0 aliphatic heterocycles. The van der Waals surface area contributed by atoms with Crippen LogP contribution in [-0.4, -0.2) is 25.6 Å². The number of sulfone groups is 1. The van der Waals surface area contributed by atoms with Crippen LogP contribution in [-0.2, 0) is 16.4 Å². The lowest BCUT2D eigenvalue weighted by molar-refractivity contribution is 0.0982. The number of aryl methyl sites for hydroxylation is 2. The van der Waals surface area contributed by atoms with Crippen molar-refractivity contribution in [3.05, 3.63) is 89.0 Å². The van der Waals surface area contributed by atoms with E-state index >= 15 is 0 Å². The van der Waals surface area contributed by atoms with E-state index in [2.05, 4.69) is 0 Å². The van der Waals surface area contributed by atoms with Gasteiger partial charge >= 0.3 is 0 Å². The first-order valence-electron chi connectivity index (χ1n) is 9.77. The lowest BCUT2D eigenvalue weighted by Crippen LogP contribution is -2.31. The Morgan fingerprint density at radius 2 is 1.58 bits per heavy atom. The second kappa shape index (κ2) is 8.24. The Labute approximate surface area is 185 Å². The molecule has 0 fully saturated rings. The van der Waals surface area contributed by atoms with E-state index in [0.29, 0.717) is 5.13 Å². The lowest BCUT2D eigenvalue weighted by Gasteiger charge is -2.21. The van der Waals surface area contributed by atoms with Crippen molar-refractivity contribution in [3.63, 3.8) is 0 Å². The summed E-state index contributed by atoms with van der Waals surface area (Å²) in [4.78, 5) is 20.1. The van der Waals surface area contributed by atoms with Crippen molar-refractivity contribution in [1.29, 1.82) is 0 Å². The van der Waals surface area contributed by atoms with Crippen molar-refractivity contribution < 1.29 is 13.2 Å². The average Bonchev–Trinajstić information content (AvgIpc) is 3.21. The van der Waals surface area contributed by atoms with E-state index in [1.807, 2.05) is 56.3 Å². The highest BCUT2D eigenvalue weighted by molar-refractivity contribution is 7.90. The van der Waals surface area contributed by atoms with Crippen LogP contribution in [0.1, 0.15) is 27.0 Å². The van der Waals surface area contributed by atoms with E-state index in [9.17, 15) is 13.2 Å². The number of amides is 1. The summed E-state index contributed by atoms with van der Waals surface area (Å²) in [6.07, 6.45) is 1.12. The zero-order chi connectivity index (χ0) is 22.2. The first-order valence-corrected chi connectivity index (χ1v) is 12.5. The lowest BCUT2D eigenvalue weighted by atomic mass is 10.1. The van der Waals surface area contributed by atoms with E-state index < -0.39 is 9.84 Å². The SMILES string of the molecule is Cc1ccc(C)c2sc(N(Cc3ccccc3)C(=O)c3ccccc3S(C)(=O)=O)nc12. The summed E-state index contributed by atoms with van der Waals surface area (Å²) in [7, 11) is -3.57. The molecule has 0 saturated carbocycles. The van der Waals surface area contributed by atoms with Gasteiger partial charge in [0.2, 0.25) is 0 Å². The highest BCUT2D eigenvalue weighted by Gasteiger charge is 2.26. The van der Waals surface area contributed by atoms with Crippen LogP contribution in [0.4, 0.5) is 5.13 Å². The molecule has 0 unspecified atom stereocenters. The molecule has 0 aliphatic rings. The van der Waals surface area contributed by atoms with Gasteiger partial charge in [0.05, 0.1) is 27.2 Å². The summed E-state index contributed by atoms with van der Waals surface area (Å²) >= 11 is 1.45. The fourth-order valence-corrected chi connectivity index (χ4v) is 5.46. The monoisotopic (exact) mass is 450 g/mol. The summed E-state index contributed by atoms with van der Waals surface area (Å²) in [5, 5.41) is 0.546. The number of hydrogen-bond donors (Lipinski definition) is 0. The van der Waals surface area contributed by atoms with Crippen LogP contribution in [0.25, 0.3) is 10.2 Å². The molecule has 31 heavy (non-hydrogen) atoms.